The van der Waals surface area contributed by atoms with Crippen LogP contribution in [0, 0.1) is 0 Å². The molecule has 8 heteroatoms. The van der Waals surface area contributed by atoms with Crippen molar-refractivity contribution in [1.29, 1.82) is 0 Å². The summed E-state index contributed by atoms with van der Waals surface area (Å²) in [6, 6.07) is 6.89. The van der Waals surface area contributed by atoms with E-state index >= 15 is 0 Å². The van der Waals surface area contributed by atoms with Crippen LogP contribution in [0.5, 0.6) is 0 Å². The molecule has 0 saturated carbocycles. The summed E-state index contributed by atoms with van der Waals surface area (Å²) in [5.41, 5.74) is 1.56. The summed E-state index contributed by atoms with van der Waals surface area (Å²) in [5, 5.41) is 12.0. The van der Waals surface area contributed by atoms with Crippen molar-refractivity contribution in [3.05, 3.63) is 41.1 Å². The van der Waals surface area contributed by atoms with Crippen LogP contribution >= 0.6 is 0 Å². The van der Waals surface area contributed by atoms with Crippen LogP contribution in [0.4, 0.5) is 5.69 Å². The molecule has 0 radical (unpaired) electrons. The lowest BCUT2D eigenvalue weighted by Crippen LogP contribution is -2.31. The average Bonchev–Trinajstić information content (AvgIpc) is 2.91. The molecule has 0 aliphatic carbocycles. The second kappa shape index (κ2) is 8.29. The van der Waals surface area contributed by atoms with Gasteiger partial charge in [0.2, 0.25) is 0 Å². The van der Waals surface area contributed by atoms with Crippen molar-refractivity contribution < 1.29 is 29.0 Å². The normalized spacial score (nSPS) is 13.9. The molecule has 0 fully saturated rings. The first-order valence-electron chi connectivity index (χ1n) is 7.64. The van der Waals surface area contributed by atoms with Crippen LogP contribution < -0.4 is 5.32 Å². The monoisotopic (exact) mass is 348 g/mol. The Labute approximate surface area is 145 Å². The summed E-state index contributed by atoms with van der Waals surface area (Å²) in [5.74, 6) is -1.38. The predicted octanol–water partition coefficient (Wildman–Crippen LogP) is 0.0756. The highest BCUT2D eigenvalue weighted by molar-refractivity contribution is 6.08. The number of anilines is 1. The van der Waals surface area contributed by atoms with E-state index in [9.17, 15) is 14.4 Å². The fourth-order valence-corrected chi connectivity index (χ4v) is 2.49. The van der Waals surface area contributed by atoms with Crippen LogP contribution in [-0.4, -0.2) is 61.8 Å². The number of carbonyl (C=O) groups excluding carboxylic acids is 3. The molecular weight excluding hydrogens is 328 g/mol. The van der Waals surface area contributed by atoms with Crippen LogP contribution in [0.2, 0.25) is 0 Å². The summed E-state index contributed by atoms with van der Waals surface area (Å²) in [4.78, 5) is 37.1. The average molecular weight is 348 g/mol. The number of rotatable bonds is 7. The van der Waals surface area contributed by atoms with E-state index in [1.807, 2.05) is 0 Å². The third-order valence-corrected chi connectivity index (χ3v) is 3.73. The largest absolute Gasteiger partial charge is 0.469 e. The summed E-state index contributed by atoms with van der Waals surface area (Å²) in [6.07, 6.45) is 0.0967. The Kier molecular flexibility index (Phi) is 6.13. The topological polar surface area (TPSA) is 105 Å². The molecule has 0 atom stereocenters. The lowest BCUT2D eigenvalue weighted by Gasteiger charge is -2.15. The molecule has 0 spiro atoms. The first-order valence-corrected chi connectivity index (χ1v) is 7.64. The lowest BCUT2D eigenvalue weighted by molar-refractivity contribution is -0.140. The van der Waals surface area contributed by atoms with E-state index in [-0.39, 0.29) is 43.4 Å². The molecule has 1 aromatic rings. The van der Waals surface area contributed by atoms with E-state index in [4.69, 9.17) is 9.84 Å². The van der Waals surface area contributed by atoms with E-state index < -0.39 is 11.9 Å². The number of aliphatic hydroxyl groups is 1. The van der Waals surface area contributed by atoms with Crippen LogP contribution in [0.3, 0.4) is 0 Å². The zero-order valence-corrected chi connectivity index (χ0v) is 14.1. The molecule has 25 heavy (non-hydrogen) atoms. The highest BCUT2D eigenvalue weighted by Gasteiger charge is 2.34. The van der Waals surface area contributed by atoms with E-state index in [0.717, 1.165) is 0 Å². The maximum atomic E-state index is 12.5. The summed E-state index contributed by atoms with van der Waals surface area (Å²) < 4.78 is 9.36. The van der Waals surface area contributed by atoms with E-state index in [1.54, 1.807) is 24.3 Å². The van der Waals surface area contributed by atoms with Gasteiger partial charge in [-0.25, -0.2) is 4.79 Å². The molecule has 1 heterocycles. The van der Waals surface area contributed by atoms with Crippen LogP contribution in [0.1, 0.15) is 5.56 Å². The summed E-state index contributed by atoms with van der Waals surface area (Å²) in [6.45, 7) is -0.0226. The van der Waals surface area contributed by atoms with Crippen molar-refractivity contribution in [2.45, 2.75) is 6.42 Å². The van der Waals surface area contributed by atoms with Gasteiger partial charge in [0, 0.05) is 12.2 Å². The highest BCUT2D eigenvalue weighted by Crippen LogP contribution is 2.23. The predicted molar refractivity (Wildman–Crippen MR) is 88.5 cm³/mol. The van der Waals surface area contributed by atoms with E-state index in [0.29, 0.717) is 11.3 Å². The minimum atomic E-state index is -0.609. The number of β-amino-alcohol motifs (C(OH)–C–C–N with tert-alkyl or cyclic N) is 1. The van der Waals surface area contributed by atoms with Crippen molar-refractivity contribution in [2.24, 2.45) is 0 Å². The van der Waals surface area contributed by atoms with Gasteiger partial charge < -0.3 is 24.8 Å². The molecule has 0 unspecified atom stereocenters. The second-order valence-electron chi connectivity index (χ2n) is 5.37. The maximum absolute atomic E-state index is 12.5. The Balaban J connectivity index is 2.26. The number of ether oxygens (including phenoxy) is 2. The lowest BCUT2D eigenvalue weighted by atomic mass is 10.1. The van der Waals surface area contributed by atoms with Crippen LogP contribution in [0.25, 0.3) is 0 Å². The van der Waals surface area contributed by atoms with Gasteiger partial charge in [-0.05, 0) is 17.7 Å². The van der Waals surface area contributed by atoms with Gasteiger partial charge in [0.05, 0.1) is 39.4 Å². The molecule has 1 aliphatic rings. The first kappa shape index (κ1) is 18.5. The van der Waals surface area contributed by atoms with Gasteiger partial charge in [-0.3, -0.25) is 9.59 Å². The number of hydrogen-bond acceptors (Lipinski definition) is 7. The van der Waals surface area contributed by atoms with Gasteiger partial charge in [0.1, 0.15) is 5.70 Å². The third kappa shape index (κ3) is 4.36. The number of carbonyl (C=O) groups is 3. The number of amides is 1. The zero-order valence-electron chi connectivity index (χ0n) is 14.1. The summed E-state index contributed by atoms with van der Waals surface area (Å²) in [7, 11) is 2.55. The minimum absolute atomic E-state index is 0.0657. The zero-order chi connectivity index (χ0) is 18.4. The Hall–Kier alpha value is -2.87. The summed E-state index contributed by atoms with van der Waals surface area (Å²) >= 11 is 0. The number of nitrogens with one attached hydrogen (secondary N) is 1. The Bertz CT molecular complexity index is 713. The highest BCUT2D eigenvalue weighted by atomic mass is 16.5. The number of methoxy groups -OCH3 is 2. The van der Waals surface area contributed by atoms with Crippen molar-refractivity contribution in [1.82, 2.24) is 4.90 Å². The van der Waals surface area contributed by atoms with Gasteiger partial charge in [-0.1, -0.05) is 12.1 Å². The van der Waals surface area contributed by atoms with Crippen molar-refractivity contribution >= 4 is 23.5 Å². The van der Waals surface area contributed by atoms with Gasteiger partial charge in [-0.2, -0.15) is 0 Å². The van der Waals surface area contributed by atoms with E-state index in [1.165, 1.54) is 19.1 Å². The number of esters is 2. The third-order valence-electron chi connectivity index (χ3n) is 3.73. The van der Waals surface area contributed by atoms with Crippen molar-refractivity contribution in [3.8, 4) is 0 Å². The molecule has 2 rings (SSSR count). The Morgan fingerprint density at radius 1 is 1.28 bits per heavy atom. The molecular formula is C17H20N2O6. The Morgan fingerprint density at radius 2 is 2.04 bits per heavy atom. The molecule has 1 amide bonds. The molecule has 0 aromatic heterocycles. The molecule has 0 saturated heterocycles. The van der Waals surface area contributed by atoms with Gasteiger partial charge in [0.25, 0.3) is 5.91 Å². The van der Waals surface area contributed by atoms with Crippen molar-refractivity contribution in [3.63, 3.8) is 0 Å². The molecule has 2 N–H and O–H groups in total. The quantitative estimate of drug-likeness (QED) is 0.672. The number of hydrogen-bond donors (Lipinski definition) is 2. The number of benzene rings is 1. The minimum Gasteiger partial charge on any atom is -0.469 e. The Morgan fingerprint density at radius 3 is 2.68 bits per heavy atom. The molecule has 0 bridgehead atoms. The van der Waals surface area contributed by atoms with Crippen LogP contribution in [-0.2, 0) is 30.3 Å². The SMILES string of the molecule is COC(=O)Cc1cccc(NC2=C(C(=O)OC)CN(CCO)C2=O)c1. The van der Waals surface area contributed by atoms with Gasteiger partial charge >= 0.3 is 11.9 Å². The second-order valence-corrected chi connectivity index (χ2v) is 5.37. The first-order chi connectivity index (χ1) is 12.0. The number of aliphatic hydroxyl groups excluding tert-OH is 1. The van der Waals surface area contributed by atoms with Gasteiger partial charge in [-0.15, -0.1) is 0 Å². The standard InChI is InChI=1S/C17H20N2O6/c1-24-14(21)9-11-4-3-5-12(8-11)18-15-13(17(23)25-2)10-19(6-7-20)16(15)22/h3-5,8,18,20H,6-7,9-10H2,1-2H3. The maximum Gasteiger partial charge on any atom is 0.337 e. The number of nitrogens with zero attached hydrogens (tertiary/aromatic N) is 1. The molecule has 134 valence electrons. The smallest absolute Gasteiger partial charge is 0.337 e. The molecule has 8 nitrogen and oxygen atoms in total. The fourth-order valence-electron chi connectivity index (χ4n) is 2.49. The fraction of sp³-hybridized carbons (Fsp3) is 0.353. The van der Waals surface area contributed by atoms with Gasteiger partial charge in [0.15, 0.2) is 0 Å². The van der Waals surface area contributed by atoms with Crippen molar-refractivity contribution in [2.75, 3.05) is 39.2 Å². The van der Waals surface area contributed by atoms with E-state index in [2.05, 4.69) is 10.1 Å². The van der Waals surface area contributed by atoms with Crippen LogP contribution in [0.15, 0.2) is 35.5 Å². The molecule has 1 aromatic carbocycles. The molecule has 1 aliphatic heterocycles.